The van der Waals surface area contributed by atoms with E-state index in [-0.39, 0.29) is 17.9 Å². The molecule has 0 saturated carbocycles. The third-order valence-corrected chi connectivity index (χ3v) is 3.49. The van der Waals surface area contributed by atoms with Gasteiger partial charge in [0.15, 0.2) is 0 Å². The maximum absolute atomic E-state index is 14.3. The average molecular weight is 268 g/mol. The van der Waals surface area contributed by atoms with E-state index in [1.165, 1.54) is 0 Å². The molecule has 0 heterocycles. The number of nitrogens with one attached hydrogen (secondary N) is 1. The third kappa shape index (κ3) is 3.91. The van der Waals surface area contributed by atoms with E-state index in [9.17, 15) is 4.39 Å². The molecule has 0 aliphatic heterocycles. The molecule has 0 radical (unpaired) electrons. The Balaban J connectivity index is 2.99. The Hall–Kier alpha value is -1.13. The van der Waals surface area contributed by atoms with Gasteiger partial charge in [0.05, 0.1) is 12.3 Å². The van der Waals surface area contributed by atoms with Crippen LogP contribution in [-0.4, -0.2) is 33.4 Å². The van der Waals surface area contributed by atoms with Crippen LogP contribution >= 0.6 is 0 Å². The number of hydrogen-bond acceptors (Lipinski definition) is 3. The lowest BCUT2D eigenvalue weighted by atomic mass is 10.1. The summed E-state index contributed by atoms with van der Waals surface area (Å²) in [6.07, 6.45) is 0. The summed E-state index contributed by atoms with van der Waals surface area (Å²) in [6.45, 7) is 7.41. The lowest BCUT2D eigenvalue weighted by Gasteiger charge is -2.30. The number of ether oxygens (including phenoxy) is 1. The van der Waals surface area contributed by atoms with Crippen LogP contribution in [-0.2, 0) is 4.74 Å². The van der Waals surface area contributed by atoms with Crippen molar-refractivity contribution < 1.29 is 9.13 Å². The van der Waals surface area contributed by atoms with Crippen LogP contribution in [0.1, 0.15) is 32.4 Å². The fraction of sp³-hybridized carbons (Fsp3) is 0.600. The monoisotopic (exact) mass is 268 g/mol. The first-order chi connectivity index (χ1) is 9.04. The van der Waals surface area contributed by atoms with E-state index in [2.05, 4.69) is 5.32 Å². The minimum absolute atomic E-state index is 0.148. The van der Waals surface area contributed by atoms with Crippen molar-refractivity contribution in [3.63, 3.8) is 0 Å². The molecule has 0 saturated heterocycles. The van der Waals surface area contributed by atoms with Crippen molar-refractivity contribution in [1.82, 2.24) is 5.32 Å². The second-order valence-electron chi connectivity index (χ2n) is 4.81. The molecule has 0 aromatic heterocycles. The van der Waals surface area contributed by atoms with E-state index in [0.717, 1.165) is 12.1 Å². The molecule has 19 heavy (non-hydrogen) atoms. The number of halogens is 1. The van der Waals surface area contributed by atoms with E-state index < -0.39 is 0 Å². The second kappa shape index (κ2) is 7.46. The Labute approximate surface area is 115 Å². The zero-order chi connectivity index (χ0) is 14.4. The normalized spacial score (nSPS) is 14.2. The minimum atomic E-state index is -0.176. The first-order valence-electron chi connectivity index (χ1n) is 6.77. The summed E-state index contributed by atoms with van der Waals surface area (Å²) in [5.74, 6) is -0.176. The first-order valence-corrected chi connectivity index (χ1v) is 6.77. The van der Waals surface area contributed by atoms with Gasteiger partial charge in [-0.2, -0.15) is 0 Å². The molecule has 0 fully saturated rings. The van der Waals surface area contributed by atoms with Crippen LogP contribution in [0.25, 0.3) is 0 Å². The van der Waals surface area contributed by atoms with Gasteiger partial charge in [0.2, 0.25) is 0 Å². The number of hydrogen-bond donors (Lipinski definition) is 1. The molecule has 0 aliphatic rings. The number of nitrogens with zero attached hydrogens (tertiary/aromatic N) is 1. The highest BCUT2D eigenvalue weighted by atomic mass is 19.1. The number of benzene rings is 1. The average Bonchev–Trinajstić information content (AvgIpc) is 2.40. The van der Waals surface area contributed by atoms with Gasteiger partial charge in [0, 0.05) is 25.7 Å². The molecule has 1 aromatic carbocycles. The van der Waals surface area contributed by atoms with Crippen LogP contribution < -0.4 is 10.2 Å². The molecule has 3 nitrogen and oxygen atoms in total. The van der Waals surface area contributed by atoms with Gasteiger partial charge in [-0.15, -0.1) is 0 Å². The number of anilines is 1. The van der Waals surface area contributed by atoms with Crippen LogP contribution in [0.3, 0.4) is 0 Å². The number of likely N-dealkylation sites (N-methyl/N-ethyl adjacent to an activating group) is 1. The zero-order valence-electron chi connectivity index (χ0n) is 12.5. The predicted octanol–water partition coefficient (Wildman–Crippen LogP) is 2.97. The quantitative estimate of drug-likeness (QED) is 0.823. The van der Waals surface area contributed by atoms with Crippen LogP contribution in [0, 0.1) is 5.82 Å². The lowest BCUT2D eigenvalue weighted by Crippen LogP contribution is -2.36. The highest BCUT2D eigenvalue weighted by Crippen LogP contribution is 2.25. The summed E-state index contributed by atoms with van der Waals surface area (Å²) in [5.41, 5.74) is 1.60. The van der Waals surface area contributed by atoms with Gasteiger partial charge in [-0.1, -0.05) is 6.07 Å². The standard InChI is InChI=1S/C15H25FN2O/c1-6-18(11(2)10-19-5)15-8-7-13(9-14(15)16)12(3)17-4/h7-9,11-12,17H,6,10H2,1-5H3. The van der Waals surface area contributed by atoms with Crippen molar-refractivity contribution >= 4 is 5.69 Å². The van der Waals surface area contributed by atoms with Gasteiger partial charge in [-0.05, 0) is 45.5 Å². The minimum Gasteiger partial charge on any atom is -0.383 e. The predicted molar refractivity (Wildman–Crippen MR) is 78.2 cm³/mol. The smallest absolute Gasteiger partial charge is 0.146 e. The van der Waals surface area contributed by atoms with E-state index in [0.29, 0.717) is 12.3 Å². The molecule has 2 atom stereocenters. The summed E-state index contributed by atoms with van der Waals surface area (Å²) >= 11 is 0. The molecular formula is C15H25FN2O. The molecule has 0 bridgehead atoms. The fourth-order valence-electron chi connectivity index (χ4n) is 2.24. The SMILES string of the molecule is CCN(c1ccc(C(C)NC)cc1F)C(C)COC. The van der Waals surface area contributed by atoms with Gasteiger partial charge < -0.3 is 15.0 Å². The van der Waals surface area contributed by atoms with Crippen molar-refractivity contribution in [3.8, 4) is 0 Å². The second-order valence-corrected chi connectivity index (χ2v) is 4.81. The Kier molecular flexibility index (Phi) is 6.25. The first kappa shape index (κ1) is 15.9. The van der Waals surface area contributed by atoms with Crippen LogP contribution in [0.15, 0.2) is 18.2 Å². The Bertz CT molecular complexity index is 398. The summed E-state index contributed by atoms with van der Waals surface area (Å²) in [5, 5.41) is 3.11. The molecule has 2 unspecified atom stereocenters. The summed E-state index contributed by atoms with van der Waals surface area (Å²) in [6, 6.07) is 5.74. The van der Waals surface area contributed by atoms with Crippen molar-refractivity contribution in [2.75, 3.05) is 32.2 Å². The lowest BCUT2D eigenvalue weighted by molar-refractivity contribution is 0.181. The highest BCUT2D eigenvalue weighted by molar-refractivity contribution is 5.50. The topological polar surface area (TPSA) is 24.5 Å². The zero-order valence-corrected chi connectivity index (χ0v) is 12.5. The van der Waals surface area contributed by atoms with Crippen molar-refractivity contribution in [1.29, 1.82) is 0 Å². The molecule has 1 rings (SSSR count). The van der Waals surface area contributed by atoms with E-state index in [1.807, 2.05) is 44.9 Å². The van der Waals surface area contributed by atoms with Crippen LogP contribution in [0.5, 0.6) is 0 Å². The molecule has 4 heteroatoms. The molecule has 1 aromatic rings. The largest absolute Gasteiger partial charge is 0.383 e. The Morgan fingerprint density at radius 1 is 1.37 bits per heavy atom. The van der Waals surface area contributed by atoms with Gasteiger partial charge in [0.1, 0.15) is 5.82 Å². The molecular weight excluding hydrogens is 243 g/mol. The van der Waals surface area contributed by atoms with E-state index in [1.54, 1.807) is 13.2 Å². The molecule has 0 amide bonds. The van der Waals surface area contributed by atoms with Crippen molar-refractivity contribution in [3.05, 3.63) is 29.6 Å². The highest BCUT2D eigenvalue weighted by Gasteiger charge is 2.17. The van der Waals surface area contributed by atoms with Crippen LogP contribution in [0.4, 0.5) is 10.1 Å². The summed E-state index contributed by atoms with van der Waals surface area (Å²) in [7, 11) is 3.54. The van der Waals surface area contributed by atoms with Crippen LogP contribution in [0.2, 0.25) is 0 Å². The van der Waals surface area contributed by atoms with Gasteiger partial charge in [-0.25, -0.2) is 4.39 Å². The summed E-state index contributed by atoms with van der Waals surface area (Å²) in [4.78, 5) is 2.02. The molecule has 0 spiro atoms. The fourth-order valence-corrected chi connectivity index (χ4v) is 2.24. The maximum Gasteiger partial charge on any atom is 0.146 e. The molecule has 108 valence electrons. The van der Waals surface area contributed by atoms with Gasteiger partial charge in [0.25, 0.3) is 0 Å². The molecule has 1 N–H and O–H groups in total. The van der Waals surface area contributed by atoms with E-state index >= 15 is 0 Å². The molecule has 0 aliphatic carbocycles. The van der Waals surface area contributed by atoms with Gasteiger partial charge >= 0.3 is 0 Å². The van der Waals surface area contributed by atoms with E-state index in [4.69, 9.17) is 4.74 Å². The van der Waals surface area contributed by atoms with Crippen molar-refractivity contribution in [2.45, 2.75) is 32.9 Å². The number of methoxy groups -OCH3 is 1. The van der Waals surface area contributed by atoms with Gasteiger partial charge in [-0.3, -0.25) is 0 Å². The Morgan fingerprint density at radius 2 is 2.05 bits per heavy atom. The third-order valence-electron chi connectivity index (χ3n) is 3.49. The maximum atomic E-state index is 14.3. The van der Waals surface area contributed by atoms with Crippen molar-refractivity contribution in [2.24, 2.45) is 0 Å². The Morgan fingerprint density at radius 3 is 2.53 bits per heavy atom. The summed E-state index contributed by atoms with van der Waals surface area (Å²) < 4.78 is 19.4. The number of rotatable bonds is 7.